The molecule has 1 rings (SSSR count). The molecular formula is C11H10ClN. The Bertz CT molecular complexity index is 386. The Morgan fingerprint density at radius 2 is 2.15 bits per heavy atom. The Kier molecular flexibility index (Phi) is 3.11. The molecule has 0 radical (unpaired) electrons. The van der Waals surface area contributed by atoms with Gasteiger partial charge in [0.25, 0.3) is 0 Å². The Morgan fingerprint density at radius 3 is 2.77 bits per heavy atom. The van der Waals surface area contributed by atoms with Crippen molar-refractivity contribution < 1.29 is 0 Å². The summed E-state index contributed by atoms with van der Waals surface area (Å²) in [4.78, 5) is 0. The average Bonchev–Trinajstić information content (AvgIpc) is 2.10. The quantitative estimate of drug-likeness (QED) is 0.625. The van der Waals surface area contributed by atoms with Crippen LogP contribution >= 0.6 is 11.6 Å². The van der Waals surface area contributed by atoms with Gasteiger partial charge < -0.3 is 0 Å². The lowest BCUT2D eigenvalue weighted by Crippen LogP contribution is -1.87. The minimum Gasteiger partial charge on any atom is -0.193 e. The Balaban J connectivity index is 3.25. The number of rotatable bonds is 1. The first-order valence-corrected chi connectivity index (χ1v) is 4.36. The SMILES string of the molecule is Cc1cccc(/C(Cl)=C/C#N)c1C. The van der Waals surface area contributed by atoms with E-state index < -0.39 is 0 Å². The zero-order chi connectivity index (χ0) is 9.84. The van der Waals surface area contributed by atoms with Gasteiger partial charge in [0.15, 0.2) is 0 Å². The first-order chi connectivity index (χ1) is 6.16. The summed E-state index contributed by atoms with van der Waals surface area (Å²) in [5.74, 6) is 0. The molecule has 0 aromatic heterocycles. The van der Waals surface area contributed by atoms with Gasteiger partial charge in [-0.2, -0.15) is 5.26 Å². The highest BCUT2D eigenvalue weighted by atomic mass is 35.5. The highest BCUT2D eigenvalue weighted by Gasteiger charge is 2.03. The Labute approximate surface area is 83.3 Å². The van der Waals surface area contributed by atoms with Gasteiger partial charge in [-0.15, -0.1) is 0 Å². The normalized spacial score (nSPS) is 11.1. The maximum atomic E-state index is 8.45. The fourth-order valence-electron chi connectivity index (χ4n) is 1.14. The topological polar surface area (TPSA) is 23.8 Å². The lowest BCUT2D eigenvalue weighted by molar-refractivity contribution is 1.32. The lowest BCUT2D eigenvalue weighted by atomic mass is 10.0. The van der Waals surface area contributed by atoms with Crippen LogP contribution in [-0.2, 0) is 0 Å². The van der Waals surface area contributed by atoms with E-state index in [0.29, 0.717) is 5.03 Å². The number of hydrogen-bond donors (Lipinski definition) is 0. The second kappa shape index (κ2) is 4.11. The van der Waals surface area contributed by atoms with Crippen molar-refractivity contribution in [3.63, 3.8) is 0 Å². The van der Waals surface area contributed by atoms with Gasteiger partial charge in [-0.1, -0.05) is 29.8 Å². The summed E-state index contributed by atoms with van der Waals surface area (Å²) >= 11 is 5.92. The van der Waals surface area contributed by atoms with E-state index in [-0.39, 0.29) is 0 Å². The van der Waals surface area contributed by atoms with Gasteiger partial charge in [-0.3, -0.25) is 0 Å². The van der Waals surface area contributed by atoms with E-state index in [9.17, 15) is 0 Å². The third kappa shape index (κ3) is 2.11. The van der Waals surface area contributed by atoms with E-state index in [2.05, 4.69) is 0 Å². The van der Waals surface area contributed by atoms with E-state index in [1.165, 1.54) is 11.6 Å². The molecule has 0 heterocycles. The summed E-state index contributed by atoms with van der Waals surface area (Å²) in [6.45, 7) is 4.02. The minimum absolute atomic E-state index is 0.503. The number of hydrogen-bond acceptors (Lipinski definition) is 1. The average molecular weight is 192 g/mol. The van der Waals surface area contributed by atoms with Crippen LogP contribution < -0.4 is 0 Å². The second-order valence-electron chi connectivity index (χ2n) is 2.87. The third-order valence-corrected chi connectivity index (χ3v) is 2.37. The molecule has 0 bridgehead atoms. The van der Waals surface area contributed by atoms with Gasteiger partial charge in [-0.25, -0.2) is 0 Å². The molecule has 0 aliphatic carbocycles. The van der Waals surface area contributed by atoms with Crippen LogP contribution in [0.1, 0.15) is 16.7 Å². The molecule has 0 amide bonds. The lowest BCUT2D eigenvalue weighted by Gasteiger charge is -2.05. The van der Waals surface area contributed by atoms with Gasteiger partial charge in [0.1, 0.15) is 0 Å². The monoisotopic (exact) mass is 191 g/mol. The van der Waals surface area contributed by atoms with Crippen LogP contribution in [0.25, 0.3) is 5.03 Å². The minimum atomic E-state index is 0.503. The predicted molar refractivity (Wildman–Crippen MR) is 55.4 cm³/mol. The highest BCUT2D eigenvalue weighted by molar-refractivity contribution is 6.49. The molecule has 0 aliphatic rings. The molecule has 0 N–H and O–H groups in total. The second-order valence-corrected chi connectivity index (χ2v) is 3.28. The smallest absolute Gasteiger partial charge is 0.0927 e. The molecule has 0 aliphatic heterocycles. The van der Waals surface area contributed by atoms with E-state index in [1.807, 2.05) is 38.1 Å². The van der Waals surface area contributed by atoms with Crippen molar-refractivity contribution in [3.8, 4) is 6.07 Å². The summed E-state index contributed by atoms with van der Waals surface area (Å²) in [5, 5.41) is 8.95. The number of halogens is 1. The van der Waals surface area contributed by atoms with Gasteiger partial charge in [0, 0.05) is 6.08 Å². The third-order valence-electron chi connectivity index (χ3n) is 2.05. The summed E-state index contributed by atoms with van der Waals surface area (Å²) in [5.41, 5.74) is 3.24. The van der Waals surface area contributed by atoms with Crippen LogP contribution in [0.5, 0.6) is 0 Å². The maximum Gasteiger partial charge on any atom is 0.0927 e. The van der Waals surface area contributed by atoms with Crippen molar-refractivity contribution in [2.24, 2.45) is 0 Å². The van der Waals surface area contributed by atoms with Crippen LogP contribution in [0.4, 0.5) is 0 Å². The molecule has 0 fully saturated rings. The standard InChI is InChI=1S/C11H10ClN/c1-8-4-3-5-10(9(8)2)11(12)6-7-13/h3-6H,1-2H3/b11-6-. The summed E-state index contributed by atoms with van der Waals surface area (Å²) < 4.78 is 0. The van der Waals surface area contributed by atoms with E-state index >= 15 is 0 Å². The predicted octanol–water partition coefficient (Wildman–Crippen LogP) is 3.41. The molecule has 2 heteroatoms. The zero-order valence-corrected chi connectivity index (χ0v) is 8.39. The van der Waals surface area contributed by atoms with Crippen molar-refractivity contribution >= 4 is 16.6 Å². The number of nitriles is 1. The van der Waals surface area contributed by atoms with Gasteiger partial charge in [-0.05, 0) is 30.5 Å². The Hall–Kier alpha value is -1.26. The van der Waals surface area contributed by atoms with Crippen molar-refractivity contribution in [1.29, 1.82) is 5.26 Å². The van der Waals surface area contributed by atoms with Gasteiger partial charge in [0.2, 0.25) is 0 Å². The van der Waals surface area contributed by atoms with Gasteiger partial charge in [0.05, 0.1) is 11.1 Å². The first kappa shape index (κ1) is 9.83. The number of aryl methyl sites for hydroxylation is 1. The molecule has 13 heavy (non-hydrogen) atoms. The number of nitrogens with zero attached hydrogens (tertiary/aromatic N) is 1. The van der Waals surface area contributed by atoms with Crippen LogP contribution in [0.2, 0.25) is 0 Å². The summed E-state index contributed by atoms with van der Waals surface area (Å²) in [6.07, 6.45) is 1.35. The molecule has 1 aromatic rings. The van der Waals surface area contributed by atoms with E-state index in [4.69, 9.17) is 16.9 Å². The zero-order valence-electron chi connectivity index (χ0n) is 7.63. The highest BCUT2D eigenvalue weighted by Crippen LogP contribution is 2.23. The van der Waals surface area contributed by atoms with Crippen LogP contribution in [0.15, 0.2) is 24.3 Å². The Morgan fingerprint density at radius 1 is 1.46 bits per heavy atom. The van der Waals surface area contributed by atoms with E-state index in [0.717, 1.165) is 11.1 Å². The van der Waals surface area contributed by atoms with Gasteiger partial charge >= 0.3 is 0 Å². The van der Waals surface area contributed by atoms with Crippen molar-refractivity contribution in [1.82, 2.24) is 0 Å². The molecule has 0 saturated carbocycles. The number of allylic oxidation sites excluding steroid dienone is 1. The fraction of sp³-hybridized carbons (Fsp3) is 0.182. The summed E-state index contributed by atoms with van der Waals surface area (Å²) in [6, 6.07) is 7.79. The van der Waals surface area contributed by atoms with Crippen molar-refractivity contribution in [2.75, 3.05) is 0 Å². The molecule has 0 unspecified atom stereocenters. The largest absolute Gasteiger partial charge is 0.193 e. The van der Waals surface area contributed by atoms with Crippen molar-refractivity contribution in [3.05, 3.63) is 41.0 Å². The fourth-order valence-corrected chi connectivity index (χ4v) is 1.40. The number of benzene rings is 1. The van der Waals surface area contributed by atoms with E-state index in [1.54, 1.807) is 0 Å². The molecule has 66 valence electrons. The molecule has 0 saturated heterocycles. The van der Waals surface area contributed by atoms with Crippen LogP contribution in [0, 0.1) is 25.2 Å². The maximum absolute atomic E-state index is 8.45. The molecule has 1 aromatic carbocycles. The van der Waals surface area contributed by atoms with Crippen molar-refractivity contribution in [2.45, 2.75) is 13.8 Å². The molecule has 0 atom stereocenters. The molecular weight excluding hydrogens is 182 g/mol. The molecule has 1 nitrogen and oxygen atoms in total. The summed E-state index contributed by atoms with van der Waals surface area (Å²) in [7, 11) is 0. The van der Waals surface area contributed by atoms with Crippen LogP contribution in [-0.4, -0.2) is 0 Å². The van der Waals surface area contributed by atoms with Crippen LogP contribution in [0.3, 0.4) is 0 Å². The first-order valence-electron chi connectivity index (χ1n) is 3.98. The molecule has 0 spiro atoms.